The topological polar surface area (TPSA) is 55.7 Å². The third kappa shape index (κ3) is 3.31. The van der Waals surface area contributed by atoms with E-state index in [0.29, 0.717) is 10.6 Å². The van der Waals surface area contributed by atoms with Crippen LogP contribution < -0.4 is 0 Å². The highest BCUT2D eigenvalue weighted by molar-refractivity contribution is 6.39. The fourth-order valence-corrected chi connectivity index (χ4v) is 1.83. The first-order valence-corrected chi connectivity index (χ1v) is 5.83. The van der Waals surface area contributed by atoms with E-state index in [1.807, 2.05) is 0 Å². The summed E-state index contributed by atoms with van der Waals surface area (Å²) in [5, 5.41) is 3.38. The summed E-state index contributed by atoms with van der Waals surface area (Å²) in [6.45, 7) is 1.62. The van der Waals surface area contributed by atoms with Crippen LogP contribution >= 0.6 is 23.2 Å². The molecule has 0 bridgehead atoms. The fraction of sp³-hybridized carbons (Fsp3) is 0.250. The van der Waals surface area contributed by atoms with Crippen LogP contribution in [0.4, 0.5) is 0 Å². The quantitative estimate of drug-likeness (QED) is 0.622. The molecular formula is C12H11Cl2NO3. The summed E-state index contributed by atoms with van der Waals surface area (Å²) in [6, 6.07) is 2.52. The van der Waals surface area contributed by atoms with Crippen molar-refractivity contribution in [1.82, 2.24) is 0 Å². The number of ether oxygens (including phenoxy) is 1. The average molecular weight is 288 g/mol. The van der Waals surface area contributed by atoms with Gasteiger partial charge in [0, 0.05) is 10.6 Å². The van der Waals surface area contributed by atoms with Crippen molar-refractivity contribution in [2.24, 2.45) is 5.18 Å². The van der Waals surface area contributed by atoms with Crippen LogP contribution in [0.15, 0.2) is 23.4 Å². The van der Waals surface area contributed by atoms with Gasteiger partial charge in [0.2, 0.25) is 0 Å². The van der Waals surface area contributed by atoms with Gasteiger partial charge in [-0.15, -0.1) is 0 Å². The van der Waals surface area contributed by atoms with Gasteiger partial charge in [0.1, 0.15) is 6.04 Å². The molecule has 1 atom stereocenters. The largest absolute Gasteiger partial charge is 0.465 e. The molecule has 0 fully saturated rings. The first kappa shape index (κ1) is 14.7. The molecule has 1 aromatic carbocycles. The van der Waals surface area contributed by atoms with Crippen LogP contribution in [0.1, 0.15) is 22.8 Å². The van der Waals surface area contributed by atoms with E-state index in [1.165, 1.54) is 13.2 Å². The SMILES string of the molecule is COC(=O)c1ccc(Cl)c(C=CC(C)N=O)c1Cl. The molecule has 0 aromatic heterocycles. The zero-order valence-electron chi connectivity index (χ0n) is 9.81. The zero-order valence-corrected chi connectivity index (χ0v) is 11.3. The Morgan fingerprint density at radius 2 is 2.11 bits per heavy atom. The highest BCUT2D eigenvalue weighted by Gasteiger charge is 2.15. The highest BCUT2D eigenvalue weighted by Crippen LogP contribution is 2.30. The van der Waals surface area contributed by atoms with Crippen molar-refractivity contribution in [3.05, 3.63) is 44.3 Å². The van der Waals surface area contributed by atoms with Crippen molar-refractivity contribution in [3.63, 3.8) is 0 Å². The zero-order chi connectivity index (χ0) is 13.7. The van der Waals surface area contributed by atoms with Crippen LogP contribution in [0.2, 0.25) is 10.0 Å². The summed E-state index contributed by atoms with van der Waals surface area (Å²) in [5.74, 6) is -0.548. The van der Waals surface area contributed by atoms with Gasteiger partial charge in [0.05, 0.1) is 17.7 Å². The van der Waals surface area contributed by atoms with Crippen LogP contribution in [0.5, 0.6) is 0 Å². The molecule has 4 nitrogen and oxygen atoms in total. The van der Waals surface area contributed by atoms with E-state index in [4.69, 9.17) is 23.2 Å². The van der Waals surface area contributed by atoms with Gasteiger partial charge in [0.25, 0.3) is 0 Å². The molecule has 6 heteroatoms. The molecule has 0 aliphatic heterocycles. The maximum absolute atomic E-state index is 11.4. The number of halogens is 2. The molecule has 0 aliphatic rings. The van der Waals surface area contributed by atoms with Gasteiger partial charge in [0.15, 0.2) is 0 Å². The van der Waals surface area contributed by atoms with Crippen LogP contribution in [0.3, 0.4) is 0 Å². The molecule has 96 valence electrons. The molecule has 1 unspecified atom stereocenters. The van der Waals surface area contributed by atoms with Crippen LogP contribution in [-0.2, 0) is 4.74 Å². The maximum atomic E-state index is 11.4. The predicted molar refractivity (Wildman–Crippen MR) is 72.1 cm³/mol. The molecular weight excluding hydrogens is 277 g/mol. The summed E-state index contributed by atoms with van der Waals surface area (Å²) < 4.78 is 4.60. The molecule has 0 spiro atoms. The Hall–Kier alpha value is -1.39. The lowest BCUT2D eigenvalue weighted by Crippen LogP contribution is -2.03. The lowest BCUT2D eigenvalue weighted by atomic mass is 10.1. The molecule has 0 radical (unpaired) electrons. The number of rotatable bonds is 4. The lowest BCUT2D eigenvalue weighted by Gasteiger charge is -2.07. The molecule has 18 heavy (non-hydrogen) atoms. The summed E-state index contributed by atoms with van der Waals surface area (Å²) in [6.07, 6.45) is 3.10. The first-order valence-electron chi connectivity index (χ1n) is 5.08. The minimum absolute atomic E-state index is 0.184. The van der Waals surface area contributed by atoms with Crippen molar-refractivity contribution >= 4 is 35.2 Å². The Bertz CT molecular complexity index is 500. The number of carbonyl (C=O) groups is 1. The number of hydrogen-bond acceptors (Lipinski definition) is 4. The third-order valence-corrected chi connectivity index (χ3v) is 2.98. The van der Waals surface area contributed by atoms with E-state index in [2.05, 4.69) is 9.91 Å². The number of hydrogen-bond donors (Lipinski definition) is 0. The third-order valence-electron chi connectivity index (χ3n) is 2.24. The van der Waals surface area contributed by atoms with Gasteiger partial charge in [-0.3, -0.25) is 0 Å². The molecule has 0 N–H and O–H groups in total. The standard InChI is InChI=1S/C12H11Cl2NO3/c1-7(15-17)3-4-8-10(13)6-5-9(11(8)14)12(16)18-2/h3-7H,1-2H3. The Morgan fingerprint density at radius 1 is 1.44 bits per heavy atom. The number of nitrogens with zero attached hydrogens (tertiary/aromatic N) is 1. The second-order valence-corrected chi connectivity index (χ2v) is 4.30. The van der Waals surface area contributed by atoms with Crippen LogP contribution in [0.25, 0.3) is 6.08 Å². The molecule has 0 amide bonds. The average Bonchev–Trinajstić information content (AvgIpc) is 2.37. The smallest absolute Gasteiger partial charge is 0.339 e. The van der Waals surface area contributed by atoms with Crippen LogP contribution in [0, 0.1) is 4.91 Å². The number of esters is 1. The van der Waals surface area contributed by atoms with E-state index < -0.39 is 12.0 Å². The Labute approximate surface area is 115 Å². The van der Waals surface area contributed by atoms with Crippen molar-refractivity contribution in [2.75, 3.05) is 7.11 Å². The second kappa shape index (κ2) is 6.52. The number of benzene rings is 1. The summed E-state index contributed by atoms with van der Waals surface area (Å²) >= 11 is 12.0. The fourth-order valence-electron chi connectivity index (χ4n) is 1.26. The normalized spacial score (nSPS) is 12.4. The summed E-state index contributed by atoms with van der Waals surface area (Å²) in [7, 11) is 1.27. The highest BCUT2D eigenvalue weighted by atomic mass is 35.5. The van der Waals surface area contributed by atoms with E-state index in [1.54, 1.807) is 25.1 Å². The second-order valence-electron chi connectivity index (χ2n) is 3.52. The van der Waals surface area contributed by atoms with Crippen molar-refractivity contribution in [2.45, 2.75) is 13.0 Å². The number of nitroso groups, excluding NO2 is 1. The van der Waals surface area contributed by atoms with Gasteiger partial charge >= 0.3 is 5.97 Å². The first-order chi connectivity index (χ1) is 8.51. The predicted octanol–water partition coefficient (Wildman–Crippen LogP) is 3.95. The van der Waals surface area contributed by atoms with E-state index in [0.717, 1.165) is 0 Å². The van der Waals surface area contributed by atoms with Gasteiger partial charge in [-0.25, -0.2) is 4.79 Å². The summed E-state index contributed by atoms with van der Waals surface area (Å²) in [4.78, 5) is 21.7. The van der Waals surface area contributed by atoms with E-state index in [9.17, 15) is 9.70 Å². The van der Waals surface area contributed by atoms with E-state index in [-0.39, 0.29) is 10.6 Å². The Morgan fingerprint density at radius 3 is 2.67 bits per heavy atom. The molecule has 0 heterocycles. The minimum Gasteiger partial charge on any atom is -0.465 e. The van der Waals surface area contributed by atoms with Gasteiger partial charge in [-0.05, 0) is 19.1 Å². The maximum Gasteiger partial charge on any atom is 0.339 e. The number of methoxy groups -OCH3 is 1. The summed E-state index contributed by atoms with van der Waals surface area (Å²) in [5.41, 5.74) is 0.673. The molecule has 0 saturated heterocycles. The number of carbonyl (C=O) groups excluding carboxylic acids is 1. The van der Waals surface area contributed by atoms with Crippen molar-refractivity contribution in [1.29, 1.82) is 0 Å². The molecule has 0 aliphatic carbocycles. The minimum atomic E-state index is -0.548. The van der Waals surface area contributed by atoms with Crippen LogP contribution in [-0.4, -0.2) is 19.1 Å². The lowest BCUT2D eigenvalue weighted by molar-refractivity contribution is 0.0601. The van der Waals surface area contributed by atoms with Crippen molar-refractivity contribution < 1.29 is 9.53 Å². The Kier molecular flexibility index (Phi) is 5.31. The Balaban J connectivity index is 3.22. The molecule has 1 rings (SSSR count). The monoisotopic (exact) mass is 287 g/mol. The molecule has 1 aromatic rings. The van der Waals surface area contributed by atoms with Gasteiger partial charge < -0.3 is 4.74 Å². The van der Waals surface area contributed by atoms with Crippen molar-refractivity contribution in [3.8, 4) is 0 Å². The van der Waals surface area contributed by atoms with Gasteiger partial charge in [-0.2, -0.15) is 4.91 Å². The van der Waals surface area contributed by atoms with Gasteiger partial charge in [-0.1, -0.05) is 40.5 Å². The molecule has 0 saturated carbocycles. The van der Waals surface area contributed by atoms with E-state index >= 15 is 0 Å².